The van der Waals surface area contributed by atoms with Crippen molar-refractivity contribution in [3.05, 3.63) is 23.3 Å². The van der Waals surface area contributed by atoms with Gasteiger partial charge in [0.15, 0.2) is 24.8 Å². The van der Waals surface area contributed by atoms with Gasteiger partial charge in [0, 0.05) is 58.5 Å². The molecule has 20 N–H and O–H groups in total. The second-order valence-corrected chi connectivity index (χ2v) is 25.0. The lowest BCUT2D eigenvalue weighted by Gasteiger charge is -2.27. The number of unbranched alkanes of at least 4 members (excludes halogenated alkanes) is 25. The number of aldehydes is 2. The minimum atomic E-state index is -2.52. The molecule has 0 saturated heterocycles. The zero-order valence-corrected chi connectivity index (χ0v) is 58.4. The van der Waals surface area contributed by atoms with Crippen LogP contribution in [0.25, 0.3) is 0 Å². The van der Waals surface area contributed by atoms with E-state index >= 15 is 0 Å². The van der Waals surface area contributed by atoms with Gasteiger partial charge in [0.05, 0.1) is 13.2 Å². The molecule has 0 fully saturated rings. The van der Waals surface area contributed by atoms with E-state index < -0.39 is 121 Å². The number of Topliss-reactive ketones (excluding diaryl/α,β-unsaturated/α-hetero) is 1. The summed E-state index contributed by atoms with van der Waals surface area (Å²) in [5.41, 5.74) is 11.3. The van der Waals surface area contributed by atoms with E-state index in [-0.39, 0.29) is 50.8 Å². The summed E-state index contributed by atoms with van der Waals surface area (Å²) in [7, 11) is 0. The van der Waals surface area contributed by atoms with Gasteiger partial charge in [0.25, 0.3) is 17.6 Å². The fourth-order valence-corrected chi connectivity index (χ4v) is 10.3. The summed E-state index contributed by atoms with van der Waals surface area (Å²) < 4.78 is 48.9. The first kappa shape index (κ1) is 96.1. The summed E-state index contributed by atoms with van der Waals surface area (Å²) in [6.07, 6.45) is 17.9. The van der Waals surface area contributed by atoms with Crippen LogP contribution in [0.15, 0.2) is 23.3 Å². The number of carbonyl (C=O) groups excluding carboxylic acids is 8. The number of hydrogen-bond acceptors (Lipinski definition) is 22. The third kappa shape index (κ3) is 50.9. The molecule has 0 unspecified atom stereocenters. The molecule has 0 aliphatic rings. The molecular weight excluding hydrogens is 1310 g/mol. The third-order valence-electron chi connectivity index (χ3n) is 16.6. The van der Waals surface area contributed by atoms with Crippen LogP contribution in [0.4, 0.5) is 17.6 Å². The molecule has 99 heavy (non-hydrogen) atoms. The Morgan fingerprint density at radius 2 is 0.737 bits per heavy atom. The minimum Gasteiger partial charge on any atom is -0.394 e. The molecule has 0 aliphatic heterocycles. The fraction of sp³-hybridized carbons (Fsp3) is 0.824. The molecule has 0 aromatic carbocycles. The maximum Gasteiger partial charge on any atom is 0.256 e. The molecule has 0 spiro atoms. The number of allylic oxidation sites excluding steroid dienone is 4. The van der Waals surface area contributed by atoms with Crippen LogP contribution < -0.4 is 43.4 Å². The average molecular weight is 1430 g/mol. The second kappa shape index (κ2) is 65.1. The number of aliphatic hydroxyl groups excluding tert-OH is 10. The quantitative estimate of drug-likeness (QED) is 0.0103. The Morgan fingerprint density at radius 1 is 0.384 bits per heavy atom. The Labute approximate surface area is 582 Å². The first-order valence-corrected chi connectivity index (χ1v) is 35.9. The molecule has 8 atom stereocenters. The number of nitrogens with one attached hydrogen (secondary N) is 6. The molecule has 0 aliphatic carbocycles. The monoisotopic (exact) mass is 1430 g/mol. The zero-order chi connectivity index (χ0) is 74.4. The van der Waals surface area contributed by atoms with Gasteiger partial charge in [-0.05, 0) is 96.6 Å². The van der Waals surface area contributed by atoms with Gasteiger partial charge in [0.1, 0.15) is 36.6 Å². The van der Waals surface area contributed by atoms with Crippen LogP contribution in [0, 0.1) is 5.92 Å². The highest BCUT2D eigenvalue weighted by atomic mass is 19.2. The Hall–Kier alpha value is -5.00. The van der Waals surface area contributed by atoms with Crippen molar-refractivity contribution in [2.45, 2.75) is 261 Å². The molecule has 0 rings (SSSR count). The highest BCUT2D eigenvalue weighted by molar-refractivity contribution is 6.32. The van der Waals surface area contributed by atoms with Crippen LogP contribution >= 0.6 is 0 Å². The fourth-order valence-electron chi connectivity index (χ4n) is 10.3. The van der Waals surface area contributed by atoms with Crippen molar-refractivity contribution in [3.8, 4) is 0 Å². The van der Waals surface area contributed by atoms with Crippen LogP contribution in [0.5, 0.6) is 0 Å². The number of ketones is 1. The standard InChI is InChI=1S/C61H123N9O15.C7H2F4O3/c62-34-24-28-36-64-44-48(45-65-37-29-25-35-63)30-22-19-21-27-38-66-51(75)31-23-18-16-14-12-10-8-6-4-2-1-3-5-7-9-11-13-15-17-20-26-39-67-52(76)32-33-53(77)70(42-40-68-60(84)58(82)56(80)54(78)49(73)46-71)43-41-69-61(85)59(83)57(81)55(79)50(74)47-72;8-3(1-12)5(9)7(11)6(10)4(14)2-13/h48-50,54-59,64-65,71-74,78-83H,1-47,62-63H2,(H,66,75)(H,67,76)(H,68,84)(H,69,85);1-2H/b;5-3-,7-6+/t49-,50+,54+,55-,56-,57+,58+,59-;. The first-order chi connectivity index (χ1) is 47.5. The highest BCUT2D eigenvalue weighted by Crippen LogP contribution is 2.23. The summed E-state index contributed by atoms with van der Waals surface area (Å²) in [4.78, 5) is 93.5. The van der Waals surface area contributed by atoms with Crippen LogP contribution in [0.1, 0.15) is 212 Å². The number of carbonyl (C=O) groups is 8. The van der Waals surface area contributed by atoms with Crippen molar-refractivity contribution >= 4 is 47.9 Å². The summed E-state index contributed by atoms with van der Waals surface area (Å²) in [5.74, 6) is -14.0. The molecule has 27 nitrogen and oxygen atoms in total. The van der Waals surface area contributed by atoms with Crippen molar-refractivity contribution in [1.29, 1.82) is 0 Å². The van der Waals surface area contributed by atoms with Crippen molar-refractivity contribution in [1.82, 2.24) is 36.8 Å². The smallest absolute Gasteiger partial charge is 0.256 e. The lowest BCUT2D eigenvalue weighted by Crippen LogP contribution is -2.53. The minimum absolute atomic E-state index is 0.165. The van der Waals surface area contributed by atoms with Gasteiger partial charge in [-0.1, -0.05) is 141 Å². The zero-order valence-electron chi connectivity index (χ0n) is 58.4. The Balaban J connectivity index is 0. The number of halogens is 4. The van der Waals surface area contributed by atoms with Gasteiger partial charge in [-0.15, -0.1) is 0 Å². The van der Waals surface area contributed by atoms with E-state index in [1.807, 2.05) is 0 Å². The van der Waals surface area contributed by atoms with Crippen LogP contribution in [0.2, 0.25) is 0 Å². The van der Waals surface area contributed by atoms with E-state index in [1.165, 1.54) is 116 Å². The average Bonchev–Trinajstić information content (AvgIpc) is 1.06. The maximum absolute atomic E-state index is 13.2. The predicted molar refractivity (Wildman–Crippen MR) is 366 cm³/mol. The van der Waals surface area contributed by atoms with Crippen LogP contribution in [0.3, 0.4) is 0 Å². The molecule has 0 radical (unpaired) electrons. The van der Waals surface area contributed by atoms with Crippen molar-refractivity contribution in [2.24, 2.45) is 17.4 Å². The third-order valence-corrected chi connectivity index (χ3v) is 16.6. The summed E-state index contributed by atoms with van der Waals surface area (Å²) >= 11 is 0. The van der Waals surface area contributed by atoms with E-state index in [0.29, 0.717) is 18.9 Å². The first-order valence-electron chi connectivity index (χ1n) is 35.9. The Morgan fingerprint density at radius 3 is 1.10 bits per heavy atom. The number of aliphatic hydroxyl groups is 10. The van der Waals surface area contributed by atoms with Crippen molar-refractivity contribution < 1.29 is 107 Å². The van der Waals surface area contributed by atoms with Gasteiger partial charge in [-0.25, -0.2) is 13.2 Å². The van der Waals surface area contributed by atoms with Gasteiger partial charge in [-0.2, -0.15) is 4.39 Å². The highest BCUT2D eigenvalue weighted by Gasteiger charge is 2.36. The number of nitrogens with zero attached hydrogens (tertiary/aromatic N) is 1. The molecule has 0 saturated carbocycles. The van der Waals surface area contributed by atoms with E-state index in [0.717, 1.165) is 128 Å². The lowest BCUT2D eigenvalue weighted by molar-refractivity contribution is -0.149. The number of hydrogen-bond donors (Lipinski definition) is 18. The molecule has 0 heterocycles. The van der Waals surface area contributed by atoms with Crippen molar-refractivity contribution in [2.75, 3.05) is 91.8 Å². The topological polar surface area (TPSA) is 466 Å². The normalized spacial score (nSPS) is 14.4. The molecule has 0 bridgehead atoms. The molecule has 31 heteroatoms. The number of rotatable bonds is 66. The largest absolute Gasteiger partial charge is 0.394 e. The Kier molecular flexibility index (Phi) is 63.1. The van der Waals surface area contributed by atoms with Crippen LogP contribution in [-0.2, 0) is 38.4 Å². The second-order valence-electron chi connectivity index (χ2n) is 25.0. The van der Waals surface area contributed by atoms with E-state index in [9.17, 15) is 96.8 Å². The number of nitrogens with two attached hydrogens (primary N) is 2. The maximum atomic E-state index is 13.2. The van der Waals surface area contributed by atoms with Gasteiger partial charge in [0.2, 0.25) is 41.0 Å². The summed E-state index contributed by atoms with van der Waals surface area (Å²) in [6.45, 7) is 3.93. The Bertz CT molecular complexity index is 2140. The van der Waals surface area contributed by atoms with Crippen molar-refractivity contribution in [3.63, 3.8) is 0 Å². The molecule has 0 aromatic heterocycles. The van der Waals surface area contributed by atoms with Gasteiger partial charge < -0.3 is 99.3 Å². The predicted octanol–water partition coefficient (Wildman–Crippen LogP) is 1.99. The summed E-state index contributed by atoms with van der Waals surface area (Å²) in [5, 5.41) is 115. The van der Waals surface area contributed by atoms with E-state index in [1.54, 1.807) is 0 Å². The van der Waals surface area contributed by atoms with Gasteiger partial charge in [-0.3, -0.25) is 38.4 Å². The molecule has 578 valence electrons. The summed E-state index contributed by atoms with van der Waals surface area (Å²) in [6, 6.07) is 0. The number of amides is 5. The van der Waals surface area contributed by atoms with Gasteiger partial charge >= 0.3 is 0 Å². The molecular formula is C68H125F4N9O18. The van der Waals surface area contributed by atoms with Crippen LogP contribution in [-0.4, -0.2) is 244 Å². The van der Waals surface area contributed by atoms with E-state index in [4.69, 9.17) is 21.7 Å². The molecule has 0 aromatic rings. The van der Waals surface area contributed by atoms with E-state index in [2.05, 4.69) is 31.9 Å². The molecule has 5 amide bonds. The lowest BCUT2D eigenvalue weighted by atomic mass is 10.00. The SMILES string of the molecule is NCCCCNCC(CCCCCCNC(=O)CCCCCCCCCCCCCCCCCCCCCCCNC(=O)CCC(=O)N(CCNC(=O)[C@@H](O)[C@H](O)[C@@H](O)[C@H](O)CO)CCNC(=O)[C@H](O)[C@@H](O)[C@H](O)[C@@H](O)CO)CNCCCCN.O=CC(=O)/C(F)=C(F)/C(F)=C(/F)C=O.